The molecule has 90 valence electrons. The quantitative estimate of drug-likeness (QED) is 0.873. The summed E-state index contributed by atoms with van der Waals surface area (Å²) in [4.78, 5) is 2.51. The van der Waals surface area contributed by atoms with Crippen LogP contribution < -0.4 is 5.73 Å². The fourth-order valence-corrected chi connectivity index (χ4v) is 3.06. The van der Waals surface area contributed by atoms with Crippen molar-refractivity contribution in [1.82, 2.24) is 4.90 Å². The summed E-state index contributed by atoms with van der Waals surface area (Å²) in [5.74, 6) is 0. The lowest BCUT2D eigenvalue weighted by Crippen LogP contribution is -2.48. The average Bonchev–Trinajstić information content (AvgIpc) is 2.84. The lowest BCUT2D eigenvalue weighted by Gasteiger charge is -2.40. The van der Waals surface area contributed by atoms with Gasteiger partial charge in [0, 0.05) is 25.2 Å². The van der Waals surface area contributed by atoms with Gasteiger partial charge in [0.15, 0.2) is 0 Å². The molecule has 0 amide bonds. The molecule has 1 aromatic rings. The van der Waals surface area contributed by atoms with E-state index in [-0.39, 0.29) is 0 Å². The Hall–Kier alpha value is -0.420. The Morgan fingerprint density at radius 1 is 1.69 bits per heavy atom. The molecule has 2 atom stereocenters. The number of rotatable bonds is 4. The van der Waals surface area contributed by atoms with Crippen LogP contribution in [-0.4, -0.2) is 37.2 Å². The van der Waals surface area contributed by atoms with Gasteiger partial charge in [0.2, 0.25) is 0 Å². The Balaban J connectivity index is 2.13. The maximum Gasteiger partial charge on any atom is 0.0622 e. The summed E-state index contributed by atoms with van der Waals surface area (Å²) in [6.45, 7) is 5.57. The summed E-state index contributed by atoms with van der Waals surface area (Å²) < 4.78 is 5.54. The Kier molecular flexibility index (Phi) is 4.35. The van der Waals surface area contributed by atoms with Crippen LogP contribution in [0.4, 0.5) is 0 Å². The van der Waals surface area contributed by atoms with E-state index in [0.29, 0.717) is 18.6 Å². The molecule has 0 bridgehead atoms. The second-order valence-corrected chi connectivity index (χ2v) is 4.96. The van der Waals surface area contributed by atoms with Crippen molar-refractivity contribution < 1.29 is 4.74 Å². The van der Waals surface area contributed by atoms with Crippen molar-refractivity contribution in [3.05, 3.63) is 22.4 Å². The number of nitrogens with zero attached hydrogens (tertiary/aromatic N) is 1. The summed E-state index contributed by atoms with van der Waals surface area (Å²) in [6, 6.07) is 3.06. The van der Waals surface area contributed by atoms with Gasteiger partial charge in [-0.05, 0) is 28.8 Å². The van der Waals surface area contributed by atoms with E-state index in [1.807, 2.05) is 0 Å². The first-order valence-electron chi connectivity index (χ1n) is 5.92. The van der Waals surface area contributed by atoms with E-state index < -0.39 is 0 Å². The highest BCUT2D eigenvalue weighted by atomic mass is 32.1. The van der Waals surface area contributed by atoms with Crippen molar-refractivity contribution in [2.75, 3.05) is 26.3 Å². The summed E-state index contributed by atoms with van der Waals surface area (Å²) in [5.41, 5.74) is 7.29. The van der Waals surface area contributed by atoms with Crippen LogP contribution in [0.3, 0.4) is 0 Å². The predicted molar refractivity (Wildman–Crippen MR) is 67.7 cm³/mol. The molecule has 4 heteroatoms. The van der Waals surface area contributed by atoms with Crippen LogP contribution in [0.5, 0.6) is 0 Å². The second kappa shape index (κ2) is 5.77. The summed E-state index contributed by atoms with van der Waals surface area (Å²) in [5, 5.41) is 4.33. The molecule has 2 N–H and O–H groups in total. The molecule has 0 aliphatic carbocycles. The number of hydrogen-bond acceptors (Lipinski definition) is 4. The van der Waals surface area contributed by atoms with Gasteiger partial charge in [0.05, 0.1) is 13.2 Å². The molecule has 1 aliphatic rings. The fraction of sp³-hybridized carbons (Fsp3) is 0.667. The zero-order valence-corrected chi connectivity index (χ0v) is 10.6. The third kappa shape index (κ3) is 2.46. The minimum atomic E-state index is 0.361. The maximum absolute atomic E-state index is 5.93. The lowest BCUT2D eigenvalue weighted by atomic mass is 10.0. The van der Waals surface area contributed by atoms with Crippen molar-refractivity contribution >= 4 is 11.3 Å². The van der Waals surface area contributed by atoms with Gasteiger partial charge in [-0.25, -0.2) is 0 Å². The number of thiophene rings is 1. The largest absolute Gasteiger partial charge is 0.378 e. The van der Waals surface area contributed by atoms with E-state index >= 15 is 0 Å². The van der Waals surface area contributed by atoms with Gasteiger partial charge in [-0.1, -0.05) is 6.92 Å². The van der Waals surface area contributed by atoms with Crippen LogP contribution in [0.1, 0.15) is 24.9 Å². The first-order chi connectivity index (χ1) is 7.86. The van der Waals surface area contributed by atoms with Crippen molar-refractivity contribution in [1.29, 1.82) is 0 Å². The highest BCUT2D eigenvalue weighted by molar-refractivity contribution is 7.07. The monoisotopic (exact) mass is 240 g/mol. The third-order valence-corrected chi connectivity index (χ3v) is 4.00. The van der Waals surface area contributed by atoms with Crippen LogP contribution >= 0.6 is 11.3 Å². The SMILES string of the molecule is CCC1COCCN1C(CN)c1ccsc1. The molecule has 2 heterocycles. The maximum atomic E-state index is 5.93. The second-order valence-electron chi connectivity index (χ2n) is 4.18. The van der Waals surface area contributed by atoms with Crippen LogP contribution in [0, 0.1) is 0 Å². The van der Waals surface area contributed by atoms with E-state index in [0.717, 1.165) is 26.2 Å². The number of morpholine rings is 1. The molecule has 1 saturated heterocycles. The van der Waals surface area contributed by atoms with E-state index in [1.54, 1.807) is 11.3 Å². The smallest absolute Gasteiger partial charge is 0.0622 e. The standard InChI is InChI=1S/C12H20N2OS/c1-2-11-8-15-5-4-14(11)12(7-13)10-3-6-16-9-10/h3,6,9,11-12H,2,4-5,7-8,13H2,1H3. The molecule has 0 saturated carbocycles. The van der Waals surface area contributed by atoms with Crippen molar-refractivity contribution in [2.24, 2.45) is 5.73 Å². The Morgan fingerprint density at radius 3 is 3.19 bits per heavy atom. The number of ether oxygens (including phenoxy) is 1. The lowest BCUT2D eigenvalue weighted by molar-refractivity contribution is -0.0290. The van der Waals surface area contributed by atoms with Gasteiger partial charge >= 0.3 is 0 Å². The molecule has 0 aromatic carbocycles. The summed E-state index contributed by atoms with van der Waals surface area (Å²) >= 11 is 1.74. The minimum Gasteiger partial charge on any atom is -0.378 e. The van der Waals surface area contributed by atoms with Crippen LogP contribution in [-0.2, 0) is 4.74 Å². The van der Waals surface area contributed by atoms with E-state index in [1.165, 1.54) is 5.56 Å². The molecule has 1 aliphatic heterocycles. The van der Waals surface area contributed by atoms with Gasteiger partial charge < -0.3 is 10.5 Å². The molecule has 16 heavy (non-hydrogen) atoms. The third-order valence-electron chi connectivity index (χ3n) is 3.30. The number of hydrogen-bond donors (Lipinski definition) is 1. The molecule has 0 radical (unpaired) electrons. The topological polar surface area (TPSA) is 38.5 Å². The van der Waals surface area contributed by atoms with Gasteiger partial charge in [-0.3, -0.25) is 4.90 Å². The zero-order valence-electron chi connectivity index (χ0n) is 9.76. The van der Waals surface area contributed by atoms with Gasteiger partial charge in [-0.2, -0.15) is 11.3 Å². The number of nitrogens with two attached hydrogens (primary N) is 1. The predicted octanol–water partition coefficient (Wildman–Crippen LogP) is 1.86. The summed E-state index contributed by atoms with van der Waals surface area (Å²) in [7, 11) is 0. The van der Waals surface area contributed by atoms with Crippen LogP contribution in [0.15, 0.2) is 16.8 Å². The first-order valence-corrected chi connectivity index (χ1v) is 6.86. The van der Waals surface area contributed by atoms with Crippen LogP contribution in [0.2, 0.25) is 0 Å². The van der Waals surface area contributed by atoms with Gasteiger partial charge in [0.1, 0.15) is 0 Å². The van der Waals surface area contributed by atoms with Crippen LogP contribution in [0.25, 0.3) is 0 Å². The van der Waals surface area contributed by atoms with E-state index in [4.69, 9.17) is 10.5 Å². The normalized spacial score (nSPS) is 24.5. The molecule has 2 rings (SSSR count). The first kappa shape index (κ1) is 12.0. The highest BCUT2D eigenvalue weighted by Crippen LogP contribution is 2.26. The molecule has 3 nitrogen and oxygen atoms in total. The van der Waals surface area contributed by atoms with E-state index in [9.17, 15) is 0 Å². The van der Waals surface area contributed by atoms with Gasteiger partial charge in [0.25, 0.3) is 0 Å². The Labute approximate surface area is 101 Å². The van der Waals surface area contributed by atoms with Crippen molar-refractivity contribution in [3.8, 4) is 0 Å². The fourth-order valence-electron chi connectivity index (χ4n) is 2.36. The average molecular weight is 240 g/mol. The van der Waals surface area contributed by atoms with Crippen molar-refractivity contribution in [3.63, 3.8) is 0 Å². The van der Waals surface area contributed by atoms with Crippen molar-refractivity contribution in [2.45, 2.75) is 25.4 Å². The molecule has 2 unspecified atom stereocenters. The Morgan fingerprint density at radius 2 is 2.56 bits per heavy atom. The van der Waals surface area contributed by atoms with E-state index in [2.05, 4.69) is 28.7 Å². The molecular weight excluding hydrogens is 220 g/mol. The zero-order chi connectivity index (χ0) is 11.4. The molecular formula is C12H20N2OS. The Bertz CT molecular complexity index is 302. The minimum absolute atomic E-state index is 0.361. The molecule has 0 spiro atoms. The highest BCUT2D eigenvalue weighted by Gasteiger charge is 2.28. The van der Waals surface area contributed by atoms with Gasteiger partial charge in [-0.15, -0.1) is 0 Å². The molecule has 1 fully saturated rings. The summed E-state index contributed by atoms with van der Waals surface area (Å²) in [6.07, 6.45) is 1.13. The molecule has 1 aromatic heterocycles.